The topological polar surface area (TPSA) is 74.9 Å². The molecule has 0 bridgehead atoms. The van der Waals surface area contributed by atoms with Crippen LogP contribution in [-0.2, 0) is 0 Å². The Morgan fingerprint density at radius 1 is 1.05 bits per heavy atom. The number of fused-ring (bicyclic) bond motifs is 1. The van der Waals surface area contributed by atoms with E-state index >= 15 is 0 Å². The lowest BCUT2D eigenvalue weighted by Crippen LogP contribution is -2.21. The zero-order valence-corrected chi connectivity index (χ0v) is 23.4. The Balaban J connectivity index is 1.98. The smallest absolute Gasteiger partial charge is 0.282 e. The highest BCUT2D eigenvalue weighted by Gasteiger charge is 2.19. The van der Waals surface area contributed by atoms with Gasteiger partial charge in [0.2, 0.25) is 0 Å². The molecule has 3 aromatic carbocycles. The maximum absolute atomic E-state index is 13.7. The number of benzene rings is 3. The van der Waals surface area contributed by atoms with Crippen LogP contribution >= 0.6 is 15.9 Å². The number of nitrogens with zero attached hydrogens (tertiary/aromatic N) is 3. The molecule has 1 heterocycles. The quantitative estimate of drug-likeness (QED) is 0.227. The molecule has 0 aliphatic rings. The van der Waals surface area contributed by atoms with Gasteiger partial charge in [-0.1, -0.05) is 26.0 Å². The van der Waals surface area contributed by atoms with Gasteiger partial charge in [-0.25, -0.2) is 4.98 Å². The molecule has 0 amide bonds. The fourth-order valence-corrected chi connectivity index (χ4v) is 4.70. The van der Waals surface area contributed by atoms with Crippen molar-refractivity contribution in [1.82, 2.24) is 9.66 Å². The standard InChI is InChI=1S/C29H30BrN3O4/c1-7-37-26-12-18(4)22(14-21(26)17(2)3)28-32-24-11-9-8-10-20(24)29(34)33(28)31-16-19-13-23(30)27(36-6)15-25(19)35-5/h8-17H,7H2,1-6H3. The van der Waals surface area contributed by atoms with Crippen LogP contribution in [0.4, 0.5) is 0 Å². The summed E-state index contributed by atoms with van der Waals surface area (Å²) in [6.45, 7) is 8.76. The molecule has 0 aliphatic heterocycles. The first-order valence-electron chi connectivity index (χ1n) is 12.0. The van der Waals surface area contributed by atoms with Crippen molar-refractivity contribution in [2.45, 2.75) is 33.6 Å². The van der Waals surface area contributed by atoms with Gasteiger partial charge in [0, 0.05) is 17.2 Å². The van der Waals surface area contributed by atoms with Crippen LogP contribution in [0.1, 0.15) is 43.4 Å². The van der Waals surface area contributed by atoms with Crippen LogP contribution in [0.5, 0.6) is 17.2 Å². The predicted molar refractivity (Wildman–Crippen MR) is 152 cm³/mol. The highest BCUT2D eigenvalue weighted by molar-refractivity contribution is 9.10. The van der Waals surface area contributed by atoms with Crippen molar-refractivity contribution >= 4 is 33.0 Å². The van der Waals surface area contributed by atoms with E-state index in [-0.39, 0.29) is 11.5 Å². The lowest BCUT2D eigenvalue weighted by Gasteiger charge is -2.18. The summed E-state index contributed by atoms with van der Waals surface area (Å²) in [5.41, 5.74) is 3.81. The number of rotatable bonds is 8. The van der Waals surface area contributed by atoms with Crippen LogP contribution in [0.2, 0.25) is 0 Å². The largest absolute Gasteiger partial charge is 0.496 e. The first-order valence-corrected chi connectivity index (χ1v) is 12.8. The molecule has 0 saturated carbocycles. The summed E-state index contributed by atoms with van der Waals surface area (Å²) in [6, 6.07) is 14.9. The third-order valence-electron chi connectivity index (χ3n) is 6.09. The minimum Gasteiger partial charge on any atom is -0.496 e. The molecule has 4 rings (SSSR count). The zero-order valence-electron chi connectivity index (χ0n) is 21.8. The number of ether oxygens (including phenoxy) is 3. The monoisotopic (exact) mass is 563 g/mol. The van der Waals surface area contributed by atoms with E-state index in [1.165, 1.54) is 4.68 Å². The van der Waals surface area contributed by atoms with Gasteiger partial charge in [0.15, 0.2) is 5.82 Å². The summed E-state index contributed by atoms with van der Waals surface area (Å²) in [4.78, 5) is 18.6. The number of hydrogen-bond acceptors (Lipinski definition) is 6. The first-order chi connectivity index (χ1) is 17.8. The van der Waals surface area contributed by atoms with Gasteiger partial charge in [-0.05, 0) is 77.2 Å². The molecule has 4 aromatic rings. The molecule has 7 nitrogen and oxygen atoms in total. The fourth-order valence-electron chi connectivity index (χ4n) is 4.18. The van der Waals surface area contributed by atoms with Crippen molar-refractivity contribution in [3.63, 3.8) is 0 Å². The summed E-state index contributed by atoms with van der Waals surface area (Å²) in [5.74, 6) is 2.70. The van der Waals surface area contributed by atoms with E-state index in [0.29, 0.717) is 40.4 Å². The van der Waals surface area contributed by atoms with Crippen molar-refractivity contribution in [2.24, 2.45) is 5.10 Å². The Hall–Kier alpha value is -3.65. The van der Waals surface area contributed by atoms with Gasteiger partial charge in [0.05, 0.1) is 42.4 Å². The van der Waals surface area contributed by atoms with E-state index in [9.17, 15) is 4.79 Å². The van der Waals surface area contributed by atoms with Gasteiger partial charge in [-0.3, -0.25) is 4.79 Å². The van der Waals surface area contributed by atoms with Gasteiger partial charge in [0.25, 0.3) is 5.56 Å². The molecule has 0 unspecified atom stereocenters. The molecule has 37 heavy (non-hydrogen) atoms. The van der Waals surface area contributed by atoms with Gasteiger partial charge >= 0.3 is 0 Å². The van der Waals surface area contributed by atoms with Gasteiger partial charge in [-0.15, -0.1) is 0 Å². The zero-order chi connectivity index (χ0) is 26.7. The molecule has 0 saturated heterocycles. The number of aromatic nitrogens is 2. The summed E-state index contributed by atoms with van der Waals surface area (Å²) < 4.78 is 18.9. The molecule has 0 fully saturated rings. The van der Waals surface area contributed by atoms with Gasteiger partial charge < -0.3 is 14.2 Å². The Labute approximate surface area is 224 Å². The van der Waals surface area contributed by atoms with Crippen molar-refractivity contribution in [1.29, 1.82) is 0 Å². The summed E-state index contributed by atoms with van der Waals surface area (Å²) in [5, 5.41) is 5.11. The molecule has 0 N–H and O–H groups in total. The van der Waals surface area contributed by atoms with Crippen LogP contribution in [0.3, 0.4) is 0 Å². The molecule has 0 spiro atoms. The van der Waals surface area contributed by atoms with Crippen LogP contribution in [0.15, 0.2) is 62.9 Å². The van der Waals surface area contributed by atoms with Crippen LogP contribution in [0.25, 0.3) is 22.3 Å². The van der Waals surface area contributed by atoms with Gasteiger partial charge in [0.1, 0.15) is 17.2 Å². The summed E-state index contributed by atoms with van der Waals surface area (Å²) >= 11 is 3.51. The first kappa shape index (κ1) is 26.4. The van der Waals surface area contributed by atoms with Crippen molar-refractivity contribution in [3.05, 3.63) is 80.0 Å². The molecule has 8 heteroatoms. The van der Waals surface area contributed by atoms with Crippen LogP contribution in [0, 0.1) is 6.92 Å². The Morgan fingerprint density at radius 2 is 1.78 bits per heavy atom. The predicted octanol–water partition coefficient (Wildman–Crippen LogP) is 6.56. The third-order valence-corrected chi connectivity index (χ3v) is 6.71. The minimum atomic E-state index is -0.261. The summed E-state index contributed by atoms with van der Waals surface area (Å²) in [7, 11) is 3.16. The van der Waals surface area contributed by atoms with E-state index in [2.05, 4.69) is 40.9 Å². The van der Waals surface area contributed by atoms with Crippen LogP contribution < -0.4 is 19.8 Å². The number of halogens is 1. The summed E-state index contributed by atoms with van der Waals surface area (Å²) in [6.07, 6.45) is 1.59. The highest BCUT2D eigenvalue weighted by Crippen LogP contribution is 2.35. The molecule has 0 radical (unpaired) electrons. The second-order valence-electron chi connectivity index (χ2n) is 8.84. The number of aryl methyl sites for hydroxylation is 1. The van der Waals surface area contributed by atoms with Crippen LogP contribution in [-0.4, -0.2) is 36.7 Å². The number of methoxy groups -OCH3 is 2. The second-order valence-corrected chi connectivity index (χ2v) is 9.69. The van der Waals surface area contributed by atoms with E-state index in [1.54, 1.807) is 32.6 Å². The Morgan fingerprint density at radius 3 is 2.46 bits per heavy atom. The third kappa shape index (κ3) is 5.25. The van der Waals surface area contributed by atoms with Crippen molar-refractivity contribution < 1.29 is 14.2 Å². The van der Waals surface area contributed by atoms with Crippen molar-refractivity contribution in [3.8, 4) is 28.6 Å². The maximum atomic E-state index is 13.7. The van der Waals surface area contributed by atoms with E-state index in [1.807, 2.05) is 44.2 Å². The fraction of sp³-hybridized carbons (Fsp3) is 0.276. The van der Waals surface area contributed by atoms with Gasteiger partial charge in [-0.2, -0.15) is 9.78 Å². The Kier molecular flexibility index (Phi) is 7.97. The normalized spacial score (nSPS) is 11.5. The number of hydrogen-bond donors (Lipinski definition) is 0. The average Bonchev–Trinajstić information content (AvgIpc) is 2.88. The SMILES string of the molecule is CCOc1cc(C)c(-c2nc3ccccc3c(=O)n2N=Cc2cc(Br)c(OC)cc2OC)cc1C(C)C. The van der Waals surface area contributed by atoms with E-state index in [0.717, 1.165) is 26.9 Å². The molecular weight excluding hydrogens is 534 g/mol. The molecule has 0 atom stereocenters. The molecule has 0 aliphatic carbocycles. The minimum absolute atomic E-state index is 0.214. The lowest BCUT2D eigenvalue weighted by molar-refractivity contribution is 0.335. The average molecular weight is 564 g/mol. The van der Waals surface area contributed by atoms with E-state index in [4.69, 9.17) is 19.2 Å². The maximum Gasteiger partial charge on any atom is 0.282 e. The second kappa shape index (κ2) is 11.2. The molecular formula is C29H30BrN3O4. The van der Waals surface area contributed by atoms with Crippen molar-refractivity contribution in [2.75, 3.05) is 20.8 Å². The lowest BCUT2D eigenvalue weighted by atomic mass is 9.96. The van der Waals surface area contributed by atoms with E-state index < -0.39 is 0 Å². The molecule has 1 aromatic heterocycles. The highest BCUT2D eigenvalue weighted by atomic mass is 79.9. The molecule has 192 valence electrons. The Bertz CT molecular complexity index is 1540. The number of para-hydroxylation sites is 1.